The molecule has 5 rings (SSSR count). The number of aryl methyl sites for hydroxylation is 1. The van der Waals surface area contributed by atoms with Gasteiger partial charge in [-0.15, -0.1) is 0 Å². The number of hydrogen-bond donors (Lipinski definition) is 1. The predicted octanol–water partition coefficient (Wildman–Crippen LogP) is 4.72. The topological polar surface area (TPSA) is 78.5 Å². The molecular weight excluding hydrogens is 520 g/mol. The van der Waals surface area contributed by atoms with Crippen molar-refractivity contribution in [3.63, 3.8) is 0 Å². The Morgan fingerprint density at radius 2 is 1.51 bits per heavy atom. The molecule has 1 heterocycles. The summed E-state index contributed by atoms with van der Waals surface area (Å²) in [6, 6.07) is 16.4. The minimum atomic E-state index is -0.0288. The van der Waals surface area contributed by atoms with E-state index in [1.807, 2.05) is 18.2 Å². The zero-order valence-electron chi connectivity index (χ0n) is 24.6. The molecule has 218 valence electrons. The monoisotopic (exact) mass is 560 g/mol. The van der Waals surface area contributed by atoms with Gasteiger partial charge < -0.3 is 29.0 Å². The molecule has 0 spiro atoms. The number of rotatable bonds is 11. The zero-order chi connectivity index (χ0) is 28.9. The van der Waals surface area contributed by atoms with Crippen molar-refractivity contribution in [3.05, 3.63) is 76.3 Å². The molecule has 0 saturated carbocycles. The summed E-state index contributed by atoms with van der Waals surface area (Å²) in [4.78, 5) is 15.6. The molecule has 3 aromatic carbocycles. The van der Waals surface area contributed by atoms with Gasteiger partial charge in [-0.25, -0.2) is 0 Å². The Kier molecular flexibility index (Phi) is 8.88. The van der Waals surface area contributed by atoms with Crippen LogP contribution in [0.15, 0.2) is 48.5 Å². The number of ether oxygens (including phenoxy) is 5. The second kappa shape index (κ2) is 12.7. The lowest BCUT2D eigenvalue weighted by Crippen LogP contribution is -2.44. The van der Waals surface area contributed by atoms with Crippen LogP contribution in [-0.2, 0) is 24.1 Å². The summed E-state index contributed by atoms with van der Waals surface area (Å²) in [6.45, 7) is 1.69. The predicted molar refractivity (Wildman–Crippen MR) is 158 cm³/mol. The molecule has 1 amide bonds. The van der Waals surface area contributed by atoms with Gasteiger partial charge in [-0.2, -0.15) is 0 Å². The number of amides is 1. The highest BCUT2D eigenvalue weighted by Crippen LogP contribution is 2.40. The number of nitrogens with zero attached hydrogens (tertiary/aromatic N) is 1. The summed E-state index contributed by atoms with van der Waals surface area (Å²) in [5.74, 6) is 3.97. The van der Waals surface area contributed by atoms with Crippen LogP contribution in [0.5, 0.6) is 28.7 Å². The van der Waals surface area contributed by atoms with Gasteiger partial charge in [-0.3, -0.25) is 9.69 Å². The standard InChI is InChI=1S/C33H40N2O6/c1-37-25-10-9-22-7-8-24(26(22)17-25)19-34-33(36)20-35-13-12-23-16-31(40-4)32(41-5)18-27(23)28(35)14-21-6-11-29(38-2)30(15-21)39-3/h6,9-11,15-18,24,28H,7-8,12-14,19-20H2,1-5H3,(H,34,36). The summed E-state index contributed by atoms with van der Waals surface area (Å²) < 4.78 is 27.7. The molecule has 3 aromatic rings. The average molecular weight is 561 g/mol. The normalized spacial score (nSPS) is 17.8. The van der Waals surface area contributed by atoms with Crippen molar-refractivity contribution in [1.82, 2.24) is 10.2 Å². The molecule has 1 aliphatic carbocycles. The first-order valence-electron chi connectivity index (χ1n) is 14.1. The summed E-state index contributed by atoms with van der Waals surface area (Å²) in [7, 11) is 8.27. The Balaban J connectivity index is 1.36. The van der Waals surface area contributed by atoms with Crippen molar-refractivity contribution in [2.45, 2.75) is 37.6 Å². The van der Waals surface area contributed by atoms with Crippen LogP contribution >= 0.6 is 0 Å². The van der Waals surface area contributed by atoms with Crippen molar-refractivity contribution in [2.24, 2.45) is 0 Å². The van der Waals surface area contributed by atoms with Crippen molar-refractivity contribution in [1.29, 1.82) is 0 Å². The largest absolute Gasteiger partial charge is 0.497 e. The summed E-state index contributed by atoms with van der Waals surface area (Å²) in [6.07, 6.45) is 3.58. The lowest BCUT2D eigenvalue weighted by Gasteiger charge is -2.37. The van der Waals surface area contributed by atoms with Crippen molar-refractivity contribution in [3.8, 4) is 28.7 Å². The van der Waals surface area contributed by atoms with E-state index in [2.05, 4.69) is 40.5 Å². The molecule has 41 heavy (non-hydrogen) atoms. The van der Waals surface area contributed by atoms with Gasteiger partial charge in [-0.05, 0) is 89.9 Å². The number of carbonyl (C=O) groups is 1. The molecule has 0 radical (unpaired) electrons. The maximum absolute atomic E-state index is 13.4. The van der Waals surface area contributed by atoms with E-state index in [4.69, 9.17) is 23.7 Å². The molecule has 2 atom stereocenters. The highest BCUT2D eigenvalue weighted by molar-refractivity contribution is 5.78. The van der Waals surface area contributed by atoms with E-state index in [-0.39, 0.29) is 11.9 Å². The van der Waals surface area contributed by atoms with E-state index in [9.17, 15) is 4.79 Å². The summed E-state index contributed by atoms with van der Waals surface area (Å²) in [5.41, 5.74) is 6.08. The Hall–Kier alpha value is -3.91. The first-order chi connectivity index (χ1) is 20.0. The molecule has 0 bridgehead atoms. The number of carbonyl (C=O) groups excluding carboxylic acids is 1. The average Bonchev–Trinajstić information content (AvgIpc) is 3.42. The van der Waals surface area contributed by atoms with Crippen LogP contribution in [0, 0.1) is 0 Å². The second-order valence-corrected chi connectivity index (χ2v) is 10.6. The van der Waals surface area contributed by atoms with Gasteiger partial charge in [0.05, 0.1) is 42.1 Å². The molecule has 8 nitrogen and oxygen atoms in total. The van der Waals surface area contributed by atoms with E-state index < -0.39 is 0 Å². The maximum atomic E-state index is 13.4. The van der Waals surface area contributed by atoms with Crippen LogP contribution in [0.4, 0.5) is 0 Å². The Morgan fingerprint density at radius 3 is 2.24 bits per heavy atom. The minimum Gasteiger partial charge on any atom is -0.497 e. The smallest absolute Gasteiger partial charge is 0.234 e. The van der Waals surface area contributed by atoms with E-state index in [0.29, 0.717) is 42.7 Å². The van der Waals surface area contributed by atoms with Gasteiger partial charge in [-0.1, -0.05) is 12.1 Å². The molecule has 1 aliphatic heterocycles. The first kappa shape index (κ1) is 28.6. The van der Waals surface area contributed by atoms with Gasteiger partial charge in [0.25, 0.3) is 0 Å². The number of methoxy groups -OCH3 is 5. The summed E-state index contributed by atoms with van der Waals surface area (Å²) in [5, 5.41) is 3.23. The molecule has 0 aromatic heterocycles. The Morgan fingerprint density at radius 1 is 0.780 bits per heavy atom. The molecule has 0 saturated heterocycles. The fourth-order valence-corrected chi connectivity index (χ4v) is 6.22. The first-order valence-corrected chi connectivity index (χ1v) is 14.1. The Labute approximate surface area is 242 Å². The van der Waals surface area contributed by atoms with E-state index >= 15 is 0 Å². The molecule has 1 N–H and O–H groups in total. The third kappa shape index (κ3) is 6.07. The number of benzene rings is 3. The quantitative estimate of drug-likeness (QED) is 0.364. The van der Waals surface area contributed by atoms with Crippen molar-refractivity contribution < 1.29 is 28.5 Å². The van der Waals surface area contributed by atoms with Crippen molar-refractivity contribution in [2.75, 3.05) is 55.2 Å². The molecular formula is C33H40N2O6. The SMILES string of the molecule is COc1ccc2c(c1)C(CNC(=O)CN1CCc3cc(OC)c(OC)cc3C1Cc1ccc(OC)c(OC)c1)CC2. The van der Waals surface area contributed by atoms with Crippen LogP contribution in [0.1, 0.15) is 46.2 Å². The van der Waals surface area contributed by atoms with Crippen LogP contribution < -0.4 is 29.0 Å². The van der Waals surface area contributed by atoms with Gasteiger partial charge in [0, 0.05) is 25.0 Å². The summed E-state index contributed by atoms with van der Waals surface area (Å²) >= 11 is 0. The Bertz CT molecular complexity index is 1390. The van der Waals surface area contributed by atoms with E-state index in [1.165, 1.54) is 16.7 Å². The maximum Gasteiger partial charge on any atom is 0.234 e. The fraction of sp³-hybridized carbons (Fsp3) is 0.424. The third-order valence-electron chi connectivity index (χ3n) is 8.44. The lowest BCUT2D eigenvalue weighted by atomic mass is 9.88. The van der Waals surface area contributed by atoms with Crippen LogP contribution in [0.2, 0.25) is 0 Å². The number of hydrogen-bond acceptors (Lipinski definition) is 7. The lowest BCUT2D eigenvalue weighted by molar-refractivity contribution is -0.123. The molecule has 0 fully saturated rings. The highest BCUT2D eigenvalue weighted by Gasteiger charge is 2.31. The van der Waals surface area contributed by atoms with Gasteiger partial charge in [0.15, 0.2) is 23.0 Å². The van der Waals surface area contributed by atoms with E-state index in [1.54, 1.807) is 35.5 Å². The number of fused-ring (bicyclic) bond motifs is 2. The number of nitrogens with one attached hydrogen (secondary N) is 1. The molecule has 2 unspecified atom stereocenters. The second-order valence-electron chi connectivity index (χ2n) is 10.6. The zero-order valence-corrected chi connectivity index (χ0v) is 24.6. The molecule has 8 heteroatoms. The van der Waals surface area contributed by atoms with Crippen LogP contribution in [-0.4, -0.2) is 66.0 Å². The van der Waals surface area contributed by atoms with Gasteiger partial charge in [0.2, 0.25) is 5.91 Å². The fourth-order valence-electron chi connectivity index (χ4n) is 6.22. The van der Waals surface area contributed by atoms with Gasteiger partial charge >= 0.3 is 0 Å². The minimum absolute atomic E-state index is 0.0288. The third-order valence-corrected chi connectivity index (χ3v) is 8.44. The van der Waals surface area contributed by atoms with Crippen LogP contribution in [0.3, 0.4) is 0 Å². The highest BCUT2D eigenvalue weighted by atomic mass is 16.5. The van der Waals surface area contributed by atoms with Gasteiger partial charge in [0.1, 0.15) is 5.75 Å². The molecule has 2 aliphatic rings. The van der Waals surface area contributed by atoms with Crippen LogP contribution in [0.25, 0.3) is 0 Å². The van der Waals surface area contributed by atoms with Crippen molar-refractivity contribution >= 4 is 5.91 Å². The van der Waals surface area contributed by atoms with E-state index in [0.717, 1.165) is 48.4 Å².